The summed E-state index contributed by atoms with van der Waals surface area (Å²) in [7, 11) is 0. The Labute approximate surface area is 95.0 Å². The molecule has 0 unspecified atom stereocenters. The number of carbonyl (C=O) groups excluding carboxylic acids is 1. The average molecular weight is 220 g/mol. The molecule has 1 fully saturated rings. The molecule has 1 aromatic rings. The van der Waals surface area contributed by atoms with Gasteiger partial charge in [-0.25, -0.2) is 0 Å². The predicted octanol–water partition coefficient (Wildman–Crippen LogP) is 0.291. The van der Waals surface area contributed by atoms with E-state index < -0.39 is 0 Å². The van der Waals surface area contributed by atoms with Crippen molar-refractivity contribution in [3.05, 3.63) is 35.9 Å². The van der Waals surface area contributed by atoms with E-state index in [9.17, 15) is 4.79 Å². The fourth-order valence-electron chi connectivity index (χ4n) is 1.64. The molecule has 1 aromatic carbocycles. The molecule has 0 spiro atoms. The van der Waals surface area contributed by atoms with Crippen molar-refractivity contribution in [3.8, 4) is 0 Å². The summed E-state index contributed by atoms with van der Waals surface area (Å²) in [6.07, 6.45) is 0. The second-order valence-corrected chi connectivity index (χ2v) is 3.79. The van der Waals surface area contributed by atoms with Crippen molar-refractivity contribution in [3.63, 3.8) is 0 Å². The number of ether oxygens (including phenoxy) is 1. The lowest BCUT2D eigenvalue weighted by Gasteiger charge is -2.22. The topological polar surface area (TPSA) is 50.4 Å². The lowest BCUT2D eigenvalue weighted by molar-refractivity contribution is -0.126. The van der Waals surface area contributed by atoms with Gasteiger partial charge in [0.25, 0.3) is 0 Å². The van der Waals surface area contributed by atoms with Crippen LogP contribution in [0.25, 0.3) is 0 Å². The van der Waals surface area contributed by atoms with Crippen LogP contribution in [0.1, 0.15) is 5.56 Å². The van der Waals surface area contributed by atoms with Gasteiger partial charge in [0.1, 0.15) is 6.04 Å². The van der Waals surface area contributed by atoms with Gasteiger partial charge in [-0.1, -0.05) is 30.3 Å². The van der Waals surface area contributed by atoms with Crippen molar-refractivity contribution in [1.29, 1.82) is 0 Å². The average Bonchev–Trinajstić information content (AvgIpc) is 2.38. The van der Waals surface area contributed by atoms with Crippen LogP contribution in [0.4, 0.5) is 0 Å². The van der Waals surface area contributed by atoms with Gasteiger partial charge in [0.05, 0.1) is 13.2 Å². The fraction of sp³-hybridized carbons (Fsp3) is 0.417. The first-order valence-electron chi connectivity index (χ1n) is 5.49. The SMILES string of the molecule is O=C(NCc1ccccc1)[C@H]1COCCN1. The van der Waals surface area contributed by atoms with Gasteiger partial charge in [-0.2, -0.15) is 0 Å². The van der Waals surface area contributed by atoms with Crippen LogP contribution in [0.2, 0.25) is 0 Å². The van der Waals surface area contributed by atoms with Gasteiger partial charge in [0, 0.05) is 13.1 Å². The molecule has 0 bridgehead atoms. The van der Waals surface area contributed by atoms with E-state index in [1.807, 2.05) is 30.3 Å². The quantitative estimate of drug-likeness (QED) is 0.770. The van der Waals surface area contributed by atoms with Gasteiger partial charge < -0.3 is 15.4 Å². The number of benzene rings is 1. The maximum Gasteiger partial charge on any atom is 0.239 e. The summed E-state index contributed by atoms with van der Waals surface area (Å²) >= 11 is 0. The molecule has 1 atom stereocenters. The lowest BCUT2D eigenvalue weighted by Crippen LogP contribution is -2.51. The molecule has 1 heterocycles. The Morgan fingerprint density at radius 2 is 2.25 bits per heavy atom. The molecule has 2 N–H and O–H groups in total. The van der Waals surface area contributed by atoms with E-state index in [1.165, 1.54) is 0 Å². The molecule has 4 nitrogen and oxygen atoms in total. The minimum atomic E-state index is -0.211. The van der Waals surface area contributed by atoms with Crippen LogP contribution in [-0.4, -0.2) is 31.7 Å². The van der Waals surface area contributed by atoms with Crippen molar-refractivity contribution in [2.24, 2.45) is 0 Å². The van der Waals surface area contributed by atoms with Crippen molar-refractivity contribution >= 4 is 5.91 Å². The zero-order valence-corrected chi connectivity index (χ0v) is 9.11. The highest BCUT2D eigenvalue weighted by Crippen LogP contribution is 1.98. The fourth-order valence-corrected chi connectivity index (χ4v) is 1.64. The van der Waals surface area contributed by atoms with Gasteiger partial charge in [-0.3, -0.25) is 4.79 Å². The van der Waals surface area contributed by atoms with Crippen molar-refractivity contribution in [2.45, 2.75) is 12.6 Å². The zero-order valence-electron chi connectivity index (χ0n) is 9.11. The smallest absolute Gasteiger partial charge is 0.239 e. The first-order valence-corrected chi connectivity index (χ1v) is 5.49. The van der Waals surface area contributed by atoms with Gasteiger partial charge >= 0.3 is 0 Å². The first-order chi connectivity index (χ1) is 7.86. The van der Waals surface area contributed by atoms with Gasteiger partial charge in [-0.15, -0.1) is 0 Å². The normalized spacial score (nSPS) is 20.4. The number of nitrogens with one attached hydrogen (secondary N) is 2. The summed E-state index contributed by atoms with van der Waals surface area (Å²) in [4.78, 5) is 11.7. The Morgan fingerprint density at radius 3 is 2.94 bits per heavy atom. The number of morpholine rings is 1. The third kappa shape index (κ3) is 3.05. The number of carbonyl (C=O) groups is 1. The van der Waals surface area contributed by atoms with Gasteiger partial charge in [0.15, 0.2) is 0 Å². The van der Waals surface area contributed by atoms with E-state index in [1.54, 1.807) is 0 Å². The minimum Gasteiger partial charge on any atom is -0.378 e. The highest BCUT2D eigenvalue weighted by Gasteiger charge is 2.20. The Bertz CT molecular complexity index is 334. The van der Waals surface area contributed by atoms with E-state index in [2.05, 4.69) is 10.6 Å². The van der Waals surface area contributed by atoms with Crippen molar-refractivity contribution < 1.29 is 9.53 Å². The van der Waals surface area contributed by atoms with Crippen LogP contribution in [-0.2, 0) is 16.1 Å². The largest absolute Gasteiger partial charge is 0.378 e. The van der Waals surface area contributed by atoms with Crippen LogP contribution < -0.4 is 10.6 Å². The zero-order chi connectivity index (χ0) is 11.2. The van der Waals surface area contributed by atoms with Crippen LogP contribution in [0.3, 0.4) is 0 Å². The summed E-state index contributed by atoms with van der Waals surface area (Å²) in [5.74, 6) is 0.00329. The molecule has 4 heteroatoms. The summed E-state index contributed by atoms with van der Waals surface area (Å²) in [6, 6.07) is 9.66. The molecular weight excluding hydrogens is 204 g/mol. The maximum absolute atomic E-state index is 11.7. The molecule has 86 valence electrons. The molecule has 2 rings (SSSR count). The Hall–Kier alpha value is -1.39. The minimum absolute atomic E-state index is 0.00329. The van der Waals surface area contributed by atoms with Gasteiger partial charge in [-0.05, 0) is 5.56 Å². The monoisotopic (exact) mass is 220 g/mol. The summed E-state index contributed by atoms with van der Waals surface area (Å²) in [5.41, 5.74) is 1.10. The second-order valence-electron chi connectivity index (χ2n) is 3.79. The van der Waals surface area contributed by atoms with Crippen LogP contribution in [0, 0.1) is 0 Å². The van der Waals surface area contributed by atoms with E-state index in [4.69, 9.17) is 4.74 Å². The van der Waals surface area contributed by atoms with Crippen LogP contribution in [0.15, 0.2) is 30.3 Å². The Kier molecular flexibility index (Phi) is 3.91. The Morgan fingerprint density at radius 1 is 1.44 bits per heavy atom. The molecule has 16 heavy (non-hydrogen) atoms. The molecule has 1 saturated heterocycles. The number of amides is 1. The van der Waals surface area contributed by atoms with E-state index in [0.717, 1.165) is 12.1 Å². The third-order valence-corrected chi connectivity index (χ3v) is 2.55. The van der Waals surface area contributed by atoms with E-state index in [0.29, 0.717) is 19.8 Å². The molecular formula is C12H16N2O2. The van der Waals surface area contributed by atoms with E-state index >= 15 is 0 Å². The summed E-state index contributed by atoms with van der Waals surface area (Å²) < 4.78 is 5.23. The molecule has 0 aliphatic carbocycles. The standard InChI is InChI=1S/C12H16N2O2/c15-12(11-9-16-7-6-13-11)14-8-10-4-2-1-3-5-10/h1-5,11,13H,6-9H2,(H,14,15)/t11-/m1/s1. The first kappa shape index (κ1) is 11.1. The molecule has 0 aromatic heterocycles. The van der Waals surface area contributed by atoms with Crippen LogP contribution >= 0.6 is 0 Å². The Balaban J connectivity index is 1.79. The second kappa shape index (κ2) is 5.63. The lowest BCUT2D eigenvalue weighted by atomic mass is 10.2. The van der Waals surface area contributed by atoms with Crippen molar-refractivity contribution in [2.75, 3.05) is 19.8 Å². The molecule has 1 aliphatic rings. The molecule has 1 amide bonds. The highest BCUT2D eigenvalue weighted by molar-refractivity contribution is 5.81. The summed E-state index contributed by atoms with van der Waals surface area (Å²) in [6.45, 7) is 2.45. The molecule has 0 saturated carbocycles. The van der Waals surface area contributed by atoms with E-state index in [-0.39, 0.29) is 11.9 Å². The van der Waals surface area contributed by atoms with Crippen LogP contribution in [0.5, 0.6) is 0 Å². The number of rotatable bonds is 3. The maximum atomic E-state index is 11.7. The highest BCUT2D eigenvalue weighted by atomic mass is 16.5. The van der Waals surface area contributed by atoms with Crippen molar-refractivity contribution in [1.82, 2.24) is 10.6 Å². The summed E-state index contributed by atoms with van der Waals surface area (Å²) in [5, 5.41) is 6.01. The van der Waals surface area contributed by atoms with Gasteiger partial charge in [0.2, 0.25) is 5.91 Å². The number of hydrogen-bond donors (Lipinski definition) is 2. The molecule has 0 radical (unpaired) electrons. The molecule has 1 aliphatic heterocycles. The third-order valence-electron chi connectivity index (χ3n) is 2.55. The predicted molar refractivity (Wildman–Crippen MR) is 60.9 cm³/mol. The number of hydrogen-bond acceptors (Lipinski definition) is 3.